The van der Waals surface area contributed by atoms with Crippen molar-refractivity contribution in [3.05, 3.63) is 59.7 Å². The molecule has 0 fully saturated rings. The van der Waals surface area contributed by atoms with Gasteiger partial charge in [0.2, 0.25) is 12.0 Å². The summed E-state index contributed by atoms with van der Waals surface area (Å²) in [7, 11) is 0. The van der Waals surface area contributed by atoms with Gasteiger partial charge in [-0.2, -0.15) is 13.2 Å². The van der Waals surface area contributed by atoms with Gasteiger partial charge in [-0.1, -0.05) is 47.6 Å². The molecule has 0 aliphatic carbocycles. The number of hydrogen-bond acceptors (Lipinski definition) is 3. The molecule has 3 rings (SSSR count). The summed E-state index contributed by atoms with van der Waals surface area (Å²) in [4.78, 5) is 16.3. The Morgan fingerprint density at radius 2 is 1.83 bits per heavy atom. The van der Waals surface area contributed by atoms with Crippen molar-refractivity contribution >= 4 is 11.6 Å². The van der Waals surface area contributed by atoms with Gasteiger partial charge < -0.3 is 10.6 Å². The number of alkyl halides is 3. The van der Waals surface area contributed by atoms with E-state index in [1.165, 1.54) is 6.07 Å². The van der Waals surface area contributed by atoms with Gasteiger partial charge in [0.25, 0.3) is 0 Å². The first-order valence-corrected chi connectivity index (χ1v) is 7.16. The second-order valence-electron chi connectivity index (χ2n) is 5.34. The topological polar surface area (TPSA) is 64.7 Å². The van der Waals surface area contributed by atoms with Crippen LogP contribution in [-0.2, 0) is 4.84 Å². The lowest BCUT2D eigenvalue weighted by Crippen LogP contribution is -2.29. The van der Waals surface area contributed by atoms with Crippen LogP contribution in [0.2, 0.25) is 0 Å². The van der Waals surface area contributed by atoms with E-state index in [9.17, 15) is 18.0 Å². The van der Waals surface area contributed by atoms with Crippen molar-refractivity contribution < 1.29 is 22.8 Å². The lowest BCUT2D eigenvalue weighted by Gasteiger charge is -2.14. The standard InChI is InChI=1S/C17H13F3N2O2/c18-17(19,20)14-9-13(22-24-14)15-11(10-5-2-1-3-6-10)7-4-8-12(15)16(21)23/h1-8,14H,9H2,(H2,21,23). The zero-order chi connectivity index (χ0) is 17.3. The quantitative estimate of drug-likeness (QED) is 0.933. The SMILES string of the molecule is NC(=O)c1cccc(-c2ccccc2)c1C1=NOC(C(F)(F)F)C1. The number of benzene rings is 2. The first kappa shape index (κ1) is 16.0. The molecular formula is C17H13F3N2O2. The molecule has 124 valence electrons. The average molecular weight is 334 g/mol. The minimum Gasteiger partial charge on any atom is -0.382 e. The number of nitrogens with zero attached hydrogens (tertiary/aromatic N) is 1. The zero-order valence-corrected chi connectivity index (χ0v) is 12.4. The van der Waals surface area contributed by atoms with Crippen LogP contribution in [0.1, 0.15) is 22.3 Å². The van der Waals surface area contributed by atoms with Crippen LogP contribution in [0.15, 0.2) is 53.7 Å². The van der Waals surface area contributed by atoms with Crippen LogP contribution in [0.4, 0.5) is 13.2 Å². The lowest BCUT2D eigenvalue weighted by molar-refractivity contribution is -0.212. The molecule has 24 heavy (non-hydrogen) atoms. The van der Waals surface area contributed by atoms with Crippen molar-refractivity contribution in [2.45, 2.75) is 18.7 Å². The third-order valence-corrected chi connectivity index (χ3v) is 3.74. The fraction of sp³-hybridized carbons (Fsp3) is 0.176. The summed E-state index contributed by atoms with van der Waals surface area (Å²) in [6, 6.07) is 13.8. The molecule has 1 aliphatic rings. The van der Waals surface area contributed by atoms with E-state index in [-0.39, 0.29) is 16.8 Å². The molecule has 0 saturated heterocycles. The lowest BCUT2D eigenvalue weighted by atomic mass is 9.90. The summed E-state index contributed by atoms with van der Waals surface area (Å²) >= 11 is 0. The number of halogens is 3. The maximum Gasteiger partial charge on any atom is 0.428 e. The van der Waals surface area contributed by atoms with Gasteiger partial charge in [0.05, 0.1) is 5.71 Å². The van der Waals surface area contributed by atoms with Crippen LogP contribution in [0.5, 0.6) is 0 Å². The fourth-order valence-corrected chi connectivity index (χ4v) is 2.63. The molecule has 0 aromatic heterocycles. The van der Waals surface area contributed by atoms with Gasteiger partial charge in [-0.25, -0.2) is 0 Å². The molecule has 0 saturated carbocycles. The highest BCUT2D eigenvalue weighted by Crippen LogP contribution is 2.34. The second kappa shape index (κ2) is 5.99. The molecule has 1 aliphatic heterocycles. The third-order valence-electron chi connectivity index (χ3n) is 3.74. The van der Waals surface area contributed by atoms with Crippen LogP contribution in [0, 0.1) is 0 Å². The highest BCUT2D eigenvalue weighted by atomic mass is 19.4. The molecule has 2 aromatic carbocycles. The van der Waals surface area contributed by atoms with Crippen LogP contribution >= 0.6 is 0 Å². The van der Waals surface area contributed by atoms with Gasteiger partial charge in [0.15, 0.2) is 0 Å². The number of rotatable bonds is 3. The number of hydrogen-bond donors (Lipinski definition) is 1. The summed E-state index contributed by atoms with van der Waals surface area (Å²) in [5.41, 5.74) is 7.17. The van der Waals surface area contributed by atoms with Gasteiger partial charge in [0, 0.05) is 17.5 Å². The molecule has 1 amide bonds. The Hall–Kier alpha value is -2.83. The number of oxime groups is 1. The average Bonchev–Trinajstić information content (AvgIpc) is 3.05. The molecule has 2 N–H and O–H groups in total. The largest absolute Gasteiger partial charge is 0.428 e. The number of amides is 1. The highest BCUT2D eigenvalue weighted by molar-refractivity contribution is 6.14. The van der Waals surface area contributed by atoms with Crippen LogP contribution in [-0.4, -0.2) is 23.9 Å². The van der Waals surface area contributed by atoms with Gasteiger partial charge in [-0.15, -0.1) is 0 Å². The Labute approximate surface area is 135 Å². The summed E-state index contributed by atoms with van der Waals surface area (Å²) in [5.74, 6) is -0.735. The molecule has 7 heteroatoms. The molecule has 0 radical (unpaired) electrons. The second-order valence-corrected chi connectivity index (χ2v) is 5.34. The van der Waals surface area contributed by atoms with E-state index >= 15 is 0 Å². The van der Waals surface area contributed by atoms with E-state index in [0.717, 1.165) is 5.56 Å². The van der Waals surface area contributed by atoms with Crippen LogP contribution < -0.4 is 5.73 Å². The Balaban J connectivity index is 2.11. The minimum atomic E-state index is -4.53. The van der Waals surface area contributed by atoms with Crippen molar-refractivity contribution in [1.29, 1.82) is 0 Å². The fourth-order valence-electron chi connectivity index (χ4n) is 2.63. The van der Waals surface area contributed by atoms with Crippen molar-refractivity contribution in [2.24, 2.45) is 10.9 Å². The molecule has 1 atom stereocenters. The first-order chi connectivity index (χ1) is 11.4. The van der Waals surface area contributed by atoms with Gasteiger partial charge >= 0.3 is 6.18 Å². The Morgan fingerprint density at radius 1 is 1.12 bits per heavy atom. The predicted molar refractivity (Wildman–Crippen MR) is 82.5 cm³/mol. The molecule has 4 nitrogen and oxygen atoms in total. The molecule has 0 bridgehead atoms. The summed E-state index contributed by atoms with van der Waals surface area (Å²) in [6.07, 6.45) is -7.01. The van der Waals surface area contributed by atoms with Crippen molar-refractivity contribution in [2.75, 3.05) is 0 Å². The summed E-state index contributed by atoms with van der Waals surface area (Å²) < 4.78 is 38.5. The molecule has 0 spiro atoms. The summed E-state index contributed by atoms with van der Waals surface area (Å²) in [6.45, 7) is 0. The van der Waals surface area contributed by atoms with E-state index < -0.39 is 24.6 Å². The van der Waals surface area contributed by atoms with E-state index in [0.29, 0.717) is 5.56 Å². The predicted octanol–water partition coefficient (Wildman–Crippen LogP) is 3.51. The smallest absolute Gasteiger partial charge is 0.382 e. The minimum absolute atomic E-state index is 0.0607. The summed E-state index contributed by atoms with van der Waals surface area (Å²) in [5, 5.41) is 3.57. The van der Waals surface area contributed by atoms with E-state index in [4.69, 9.17) is 5.73 Å². The number of carbonyl (C=O) groups is 1. The Morgan fingerprint density at radius 3 is 2.42 bits per heavy atom. The normalized spacial score (nSPS) is 17.3. The molecular weight excluding hydrogens is 321 g/mol. The monoisotopic (exact) mass is 334 g/mol. The molecule has 2 aromatic rings. The first-order valence-electron chi connectivity index (χ1n) is 7.16. The molecule has 1 unspecified atom stereocenters. The number of nitrogens with two attached hydrogens (primary N) is 1. The maximum absolute atomic E-state index is 12.8. The van der Waals surface area contributed by atoms with E-state index in [1.807, 2.05) is 6.07 Å². The Kier molecular flexibility index (Phi) is 4.01. The Bertz CT molecular complexity index is 801. The maximum atomic E-state index is 12.8. The van der Waals surface area contributed by atoms with Crippen LogP contribution in [0.3, 0.4) is 0 Å². The van der Waals surface area contributed by atoms with Crippen LogP contribution in [0.25, 0.3) is 11.1 Å². The van der Waals surface area contributed by atoms with Crippen molar-refractivity contribution in [3.63, 3.8) is 0 Å². The number of carbonyl (C=O) groups excluding carboxylic acids is 1. The van der Waals surface area contributed by atoms with Gasteiger partial charge in [-0.05, 0) is 17.2 Å². The van der Waals surface area contributed by atoms with Crippen molar-refractivity contribution in [1.82, 2.24) is 0 Å². The van der Waals surface area contributed by atoms with E-state index in [2.05, 4.69) is 9.99 Å². The number of primary amides is 1. The third kappa shape index (κ3) is 2.97. The van der Waals surface area contributed by atoms with Gasteiger partial charge in [0.1, 0.15) is 0 Å². The highest BCUT2D eigenvalue weighted by Gasteiger charge is 2.46. The van der Waals surface area contributed by atoms with E-state index in [1.54, 1.807) is 36.4 Å². The van der Waals surface area contributed by atoms with Gasteiger partial charge in [-0.3, -0.25) is 4.79 Å². The zero-order valence-electron chi connectivity index (χ0n) is 12.4. The van der Waals surface area contributed by atoms with Crippen molar-refractivity contribution in [3.8, 4) is 11.1 Å². The molecule has 1 heterocycles.